The third-order valence-corrected chi connectivity index (χ3v) is 8.79. The lowest BCUT2D eigenvalue weighted by molar-refractivity contribution is -0.159. The average Bonchev–Trinajstić information content (AvgIpc) is 3.48. The van der Waals surface area contributed by atoms with Crippen LogP contribution in [0.25, 0.3) is 10.6 Å². The smallest absolute Gasteiger partial charge is 0.350 e. The van der Waals surface area contributed by atoms with Crippen LogP contribution in [0.3, 0.4) is 0 Å². The Labute approximate surface area is 297 Å². The van der Waals surface area contributed by atoms with Gasteiger partial charge in [-0.1, -0.05) is 43.7 Å². The summed E-state index contributed by atoms with van der Waals surface area (Å²) in [6, 6.07) is 21.5. The number of nitriles is 1. The van der Waals surface area contributed by atoms with Gasteiger partial charge in [0.2, 0.25) is 0 Å². The third-order valence-electron chi connectivity index (χ3n) is 7.61. The molecule has 4 rings (SSSR count). The van der Waals surface area contributed by atoms with Crippen molar-refractivity contribution in [2.45, 2.75) is 47.1 Å². The largest absolute Gasteiger partial charge is 0.492 e. The summed E-state index contributed by atoms with van der Waals surface area (Å²) in [6.45, 7) is 12.6. The normalized spacial score (nSPS) is 11.3. The average molecular weight is 698 g/mol. The molecule has 0 spiro atoms. The number of carbonyl (C=O) groups is 3. The van der Waals surface area contributed by atoms with Gasteiger partial charge in [0.1, 0.15) is 40.7 Å². The van der Waals surface area contributed by atoms with E-state index >= 15 is 0 Å². The lowest BCUT2D eigenvalue weighted by atomic mass is 10.0. The van der Waals surface area contributed by atoms with Gasteiger partial charge in [-0.25, -0.2) is 14.6 Å². The number of rotatable bonds is 16. The van der Waals surface area contributed by atoms with Gasteiger partial charge in [0, 0.05) is 29.8 Å². The maximum atomic E-state index is 12.9. The van der Waals surface area contributed by atoms with Gasteiger partial charge in [-0.3, -0.25) is 9.69 Å². The SMILES string of the molecule is Cc1ccc(C(=O)c2ccc(OC(C)(C)C(=O)OCCN(C)CCOC(=O)c3sc(-c4ccc(OCC(C)C)c(C#N)c4)nc3C)cc2)cc1. The number of hydrogen-bond donors (Lipinski definition) is 0. The van der Waals surface area contributed by atoms with E-state index in [1.165, 1.54) is 11.3 Å². The van der Waals surface area contributed by atoms with Gasteiger partial charge in [0.25, 0.3) is 0 Å². The molecule has 1 aromatic heterocycles. The van der Waals surface area contributed by atoms with Crippen molar-refractivity contribution in [3.8, 4) is 28.1 Å². The Bertz CT molecular complexity index is 1840. The molecular weight excluding hydrogens is 655 g/mol. The molecule has 0 N–H and O–H groups in total. The molecule has 0 amide bonds. The van der Waals surface area contributed by atoms with Crippen LogP contribution in [0, 0.1) is 31.1 Å². The molecule has 0 saturated carbocycles. The second-order valence-electron chi connectivity index (χ2n) is 12.9. The van der Waals surface area contributed by atoms with Gasteiger partial charge in [-0.2, -0.15) is 5.26 Å². The Morgan fingerprint density at radius 2 is 1.54 bits per heavy atom. The maximum absolute atomic E-state index is 12.9. The molecule has 3 aromatic carbocycles. The van der Waals surface area contributed by atoms with E-state index in [0.717, 1.165) is 11.1 Å². The zero-order chi connectivity index (χ0) is 36.4. The summed E-state index contributed by atoms with van der Waals surface area (Å²) in [5.41, 5.74) is 2.61. The number of likely N-dealkylation sites (N-methyl/N-ethyl adjacent to an activating group) is 1. The molecule has 10 nitrogen and oxygen atoms in total. The van der Waals surface area contributed by atoms with Gasteiger partial charge < -0.3 is 18.9 Å². The van der Waals surface area contributed by atoms with Crippen molar-refractivity contribution in [3.05, 3.63) is 99.6 Å². The molecule has 0 aliphatic heterocycles. The number of aryl methyl sites for hydroxylation is 2. The molecule has 0 fully saturated rings. The molecule has 0 atom stereocenters. The number of thiazole rings is 1. The van der Waals surface area contributed by atoms with Crippen molar-refractivity contribution in [2.75, 3.05) is 40.0 Å². The van der Waals surface area contributed by atoms with Gasteiger partial charge in [0.15, 0.2) is 11.4 Å². The van der Waals surface area contributed by atoms with Gasteiger partial charge in [-0.05, 0) is 83.1 Å². The van der Waals surface area contributed by atoms with Crippen LogP contribution in [0.15, 0.2) is 66.7 Å². The fourth-order valence-corrected chi connectivity index (χ4v) is 5.62. The minimum atomic E-state index is -1.26. The maximum Gasteiger partial charge on any atom is 0.350 e. The van der Waals surface area contributed by atoms with Crippen LogP contribution in [0.1, 0.15) is 70.1 Å². The van der Waals surface area contributed by atoms with Crippen molar-refractivity contribution in [1.82, 2.24) is 9.88 Å². The van der Waals surface area contributed by atoms with Crippen LogP contribution < -0.4 is 9.47 Å². The number of ether oxygens (including phenoxy) is 4. The van der Waals surface area contributed by atoms with E-state index in [1.54, 1.807) is 69.3 Å². The van der Waals surface area contributed by atoms with Crippen LogP contribution >= 0.6 is 11.3 Å². The first-order chi connectivity index (χ1) is 23.8. The van der Waals surface area contributed by atoms with Crippen molar-refractivity contribution in [2.24, 2.45) is 5.92 Å². The molecule has 0 aliphatic rings. The van der Waals surface area contributed by atoms with Crippen LogP contribution in [-0.4, -0.2) is 73.2 Å². The highest BCUT2D eigenvalue weighted by molar-refractivity contribution is 7.17. The topological polar surface area (TPSA) is 128 Å². The van der Waals surface area contributed by atoms with Crippen molar-refractivity contribution in [1.29, 1.82) is 5.26 Å². The first-order valence-electron chi connectivity index (χ1n) is 16.4. The van der Waals surface area contributed by atoms with Crippen molar-refractivity contribution in [3.63, 3.8) is 0 Å². The molecular formula is C39H43N3O7S. The lowest BCUT2D eigenvalue weighted by Crippen LogP contribution is -2.41. The summed E-state index contributed by atoms with van der Waals surface area (Å²) >= 11 is 1.21. The second-order valence-corrected chi connectivity index (χ2v) is 13.9. The van der Waals surface area contributed by atoms with Crippen molar-refractivity contribution >= 4 is 29.1 Å². The lowest BCUT2D eigenvalue weighted by Gasteiger charge is -2.25. The number of aromatic nitrogens is 1. The monoisotopic (exact) mass is 697 g/mol. The standard InChI is InChI=1S/C39H43N3O7S/c1-25(2)24-48-33-17-14-30(22-31(33)23-40)36-41-27(4)35(50-36)37(44)46-20-18-42(7)19-21-47-38(45)39(5,6)49-32-15-12-29(13-16-32)34(43)28-10-8-26(3)9-11-28/h8-17,22,25H,18-21,24H2,1-7H3. The number of benzene rings is 3. The fourth-order valence-electron chi connectivity index (χ4n) is 4.66. The van der Waals surface area contributed by atoms with E-state index in [-0.39, 0.29) is 19.0 Å². The molecule has 1 heterocycles. The van der Waals surface area contributed by atoms with Crippen molar-refractivity contribution < 1.29 is 33.3 Å². The molecule has 0 unspecified atom stereocenters. The summed E-state index contributed by atoms with van der Waals surface area (Å²) < 4.78 is 22.7. The van der Waals surface area contributed by atoms with Gasteiger partial charge in [-0.15, -0.1) is 11.3 Å². The highest BCUT2D eigenvalue weighted by Gasteiger charge is 2.32. The summed E-state index contributed by atoms with van der Waals surface area (Å²) in [5, 5.41) is 10.2. The molecule has 0 saturated heterocycles. The number of ketones is 1. The van der Waals surface area contributed by atoms with Crippen LogP contribution in [0.5, 0.6) is 11.5 Å². The van der Waals surface area contributed by atoms with E-state index in [9.17, 15) is 19.6 Å². The zero-order valence-electron chi connectivity index (χ0n) is 29.6. The van der Waals surface area contributed by atoms with E-state index in [1.807, 2.05) is 50.9 Å². The Morgan fingerprint density at radius 3 is 2.16 bits per heavy atom. The molecule has 0 bridgehead atoms. The van der Waals surface area contributed by atoms with Gasteiger partial charge in [0.05, 0.1) is 17.9 Å². The molecule has 4 aromatic rings. The zero-order valence-corrected chi connectivity index (χ0v) is 30.4. The Hall–Kier alpha value is -5.05. The highest BCUT2D eigenvalue weighted by Crippen LogP contribution is 2.32. The minimum Gasteiger partial charge on any atom is -0.492 e. The Morgan fingerprint density at radius 1 is 0.920 bits per heavy atom. The summed E-state index contributed by atoms with van der Waals surface area (Å²) in [6.07, 6.45) is 0. The van der Waals surface area contributed by atoms with Crippen LogP contribution in [0.2, 0.25) is 0 Å². The first kappa shape index (κ1) is 37.8. The molecule has 50 heavy (non-hydrogen) atoms. The Kier molecular flexibility index (Phi) is 12.9. The highest BCUT2D eigenvalue weighted by atomic mass is 32.1. The summed E-state index contributed by atoms with van der Waals surface area (Å²) in [7, 11) is 1.83. The number of nitrogens with zero attached hydrogens (tertiary/aromatic N) is 3. The molecule has 11 heteroatoms. The number of carbonyl (C=O) groups excluding carboxylic acids is 3. The van der Waals surface area contributed by atoms with E-state index in [0.29, 0.717) is 69.4 Å². The van der Waals surface area contributed by atoms with Crippen LogP contribution in [-0.2, 0) is 14.3 Å². The van der Waals surface area contributed by atoms with Gasteiger partial charge >= 0.3 is 11.9 Å². The second kappa shape index (κ2) is 17.1. The van der Waals surface area contributed by atoms with E-state index < -0.39 is 17.5 Å². The summed E-state index contributed by atoms with van der Waals surface area (Å²) in [4.78, 5) is 45.3. The number of hydrogen-bond acceptors (Lipinski definition) is 11. The van der Waals surface area contributed by atoms with E-state index in [4.69, 9.17) is 18.9 Å². The minimum absolute atomic E-state index is 0.0945. The quantitative estimate of drug-likeness (QED) is 0.0887. The number of esters is 2. The molecule has 0 aliphatic carbocycles. The predicted molar refractivity (Wildman–Crippen MR) is 192 cm³/mol. The molecule has 0 radical (unpaired) electrons. The van der Waals surface area contributed by atoms with E-state index in [2.05, 4.69) is 11.1 Å². The summed E-state index contributed by atoms with van der Waals surface area (Å²) in [5.74, 6) is 0.175. The Balaban J connectivity index is 1.20. The first-order valence-corrected chi connectivity index (χ1v) is 17.2. The fraction of sp³-hybridized carbons (Fsp3) is 0.359. The predicted octanol–water partition coefficient (Wildman–Crippen LogP) is 7.05. The molecule has 262 valence electrons. The van der Waals surface area contributed by atoms with Crippen LogP contribution in [0.4, 0.5) is 0 Å². The third kappa shape index (κ3) is 10.2.